The van der Waals surface area contributed by atoms with E-state index in [4.69, 9.17) is 11.6 Å². The summed E-state index contributed by atoms with van der Waals surface area (Å²) in [5.41, 5.74) is 5.38. The molecule has 0 fully saturated rings. The molecule has 0 saturated heterocycles. The van der Waals surface area contributed by atoms with Gasteiger partial charge in [-0.15, -0.1) is 0 Å². The van der Waals surface area contributed by atoms with Crippen LogP contribution < -0.4 is 10.6 Å². The maximum Gasteiger partial charge on any atom is 0.275 e. The summed E-state index contributed by atoms with van der Waals surface area (Å²) in [6, 6.07) is 11.6. The predicted molar refractivity (Wildman–Crippen MR) is 109 cm³/mol. The summed E-state index contributed by atoms with van der Waals surface area (Å²) in [7, 11) is 0. The lowest BCUT2D eigenvalue weighted by molar-refractivity contribution is 0.102. The molecule has 27 heavy (non-hydrogen) atoms. The molecule has 138 valence electrons. The third-order valence-corrected chi connectivity index (χ3v) is 4.44. The summed E-state index contributed by atoms with van der Waals surface area (Å²) in [5, 5.41) is 6.80. The number of carbonyl (C=O) groups excluding carboxylic acids is 1. The van der Waals surface area contributed by atoms with Crippen LogP contribution in [-0.4, -0.2) is 15.9 Å². The highest BCUT2D eigenvalue weighted by molar-refractivity contribution is 6.30. The number of hydrogen-bond acceptors (Lipinski definition) is 4. The first kappa shape index (κ1) is 18.9. The fourth-order valence-corrected chi connectivity index (χ4v) is 3.01. The second-order valence-corrected chi connectivity index (χ2v) is 6.93. The highest BCUT2D eigenvalue weighted by Gasteiger charge is 2.12. The van der Waals surface area contributed by atoms with Crippen molar-refractivity contribution in [3.05, 3.63) is 81.8 Å². The Morgan fingerprint density at radius 3 is 2.26 bits per heavy atom. The second kappa shape index (κ2) is 8.18. The fourth-order valence-electron chi connectivity index (χ4n) is 2.89. The smallest absolute Gasteiger partial charge is 0.275 e. The Balaban J connectivity index is 1.64. The van der Waals surface area contributed by atoms with E-state index in [0.717, 1.165) is 22.4 Å². The van der Waals surface area contributed by atoms with Gasteiger partial charge in [0.05, 0.1) is 12.4 Å². The Morgan fingerprint density at radius 1 is 1.00 bits per heavy atom. The van der Waals surface area contributed by atoms with Gasteiger partial charge >= 0.3 is 0 Å². The number of aromatic nitrogens is 2. The van der Waals surface area contributed by atoms with E-state index in [2.05, 4.69) is 20.6 Å². The highest BCUT2D eigenvalue weighted by atomic mass is 35.5. The molecule has 0 saturated carbocycles. The summed E-state index contributed by atoms with van der Waals surface area (Å²) in [4.78, 5) is 21.0. The Bertz CT molecular complexity index is 930. The third-order valence-electron chi connectivity index (χ3n) is 4.19. The molecular formula is C21H21ClN4O. The summed E-state index contributed by atoms with van der Waals surface area (Å²) in [5.74, 6) is 0.325. The largest absolute Gasteiger partial charge is 0.365 e. The zero-order valence-corrected chi connectivity index (χ0v) is 16.3. The monoisotopic (exact) mass is 380 g/mol. The first-order chi connectivity index (χ1) is 12.9. The van der Waals surface area contributed by atoms with E-state index >= 15 is 0 Å². The van der Waals surface area contributed by atoms with Crippen LogP contribution in [0.4, 0.5) is 11.5 Å². The predicted octanol–water partition coefficient (Wildman–Crippen LogP) is 4.92. The average molecular weight is 381 g/mol. The minimum atomic E-state index is -0.276. The molecule has 0 spiro atoms. The molecule has 5 nitrogen and oxygen atoms in total. The van der Waals surface area contributed by atoms with Gasteiger partial charge in [0.25, 0.3) is 5.91 Å². The number of halogens is 1. The van der Waals surface area contributed by atoms with Crippen LogP contribution >= 0.6 is 11.6 Å². The molecule has 1 amide bonds. The van der Waals surface area contributed by atoms with Gasteiger partial charge in [0.1, 0.15) is 11.5 Å². The standard InChI is InChI=1S/C21H21ClN4O/c1-13-8-14(2)20(15(3)9-13)26-21(27)18-11-25-19(12-23-18)24-10-16-4-6-17(22)7-5-16/h4-9,11-12H,10H2,1-3H3,(H,24,25)(H,26,27). The number of nitrogens with one attached hydrogen (secondary N) is 2. The number of benzene rings is 2. The normalized spacial score (nSPS) is 10.5. The fraction of sp³-hybridized carbons (Fsp3) is 0.190. The molecular weight excluding hydrogens is 360 g/mol. The molecule has 3 aromatic rings. The van der Waals surface area contributed by atoms with Crippen LogP contribution in [0.2, 0.25) is 5.02 Å². The molecule has 0 bridgehead atoms. The van der Waals surface area contributed by atoms with E-state index in [1.165, 1.54) is 11.8 Å². The molecule has 0 aliphatic rings. The molecule has 2 N–H and O–H groups in total. The van der Waals surface area contributed by atoms with Gasteiger partial charge in [0, 0.05) is 17.3 Å². The second-order valence-electron chi connectivity index (χ2n) is 6.49. The van der Waals surface area contributed by atoms with Gasteiger partial charge < -0.3 is 10.6 Å². The molecule has 0 aliphatic carbocycles. The van der Waals surface area contributed by atoms with Crippen molar-refractivity contribution in [2.45, 2.75) is 27.3 Å². The van der Waals surface area contributed by atoms with Gasteiger partial charge in [-0.25, -0.2) is 9.97 Å². The van der Waals surface area contributed by atoms with Gasteiger partial charge in [-0.3, -0.25) is 4.79 Å². The van der Waals surface area contributed by atoms with Crippen LogP contribution in [0, 0.1) is 20.8 Å². The first-order valence-corrected chi connectivity index (χ1v) is 9.00. The van der Waals surface area contributed by atoms with E-state index in [0.29, 0.717) is 17.4 Å². The van der Waals surface area contributed by atoms with Gasteiger partial charge in [-0.05, 0) is 49.6 Å². The molecule has 0 aliphatic heterocycles. The first-order valence-electron chi connectivity index (χ1n) is 8.62. The number of hydrogen-bond donors (Lipinski definition) is 2. The van der Waals surface area contributed by atoms with Crippen molar-refractivity contribution in [3.8, 4) is 0 Å². The lowest BCUT2D eigenvalue weighted by Crippen LogP contribution is -2.16. The number of carbonyl (C=O) groups is 1. The van der Waals surface area contributed by atoms with Crippen LogP contribution in [0.3, 0.4) is 0 Å². The van der Waals surface area contributed by atoms with E-state index in [-0.39, 0.29) is 11.6 Å². The molecule has 0 atom stereocenters. The lowest BCUT2D eigenvalue weighted by Gasteiger charge is -2.12. The SMILES string of the molecule is Cc1cc(C)c(NC(=O)c2cnc(NCc3ccc(Cl)cc3)cn2)c(C)c1. The van der Waals surface area contributed by atoms with Crippen LogP contribution in [0.5, 0.6) is 0 Å². The number of rotatable bonds is 5. The average Bonchev–Trinajstić information content (AvgIpc) is 2.64. The number of nitrogens with zero attached hydrogens (tertiary/aromatic N) is 2. The van der Waals surface area contributed by atoms with Crippen molar-refractivity contribution in [1.82, 2.24) is 9.97 Å². The Morgan fingerprint density at radius 2 is 1.67 bits per heavy atom. The lowest BCUT2D eigenvalue weighted by atomic mass is 10.1. The van der Waals surface area contributed by atoms with Gasteiger partial charge in [-0.1, -0.05) is 41.4 Å². The molecule has 3 rings (SSSR count). The molecule has 0 radical (unpaired) electrons. The number of amides is 1. The van der Waals surface area contributed by atoms with Gasteiger partial charge in [0.2, 0.25) is 0 Å². The van der Waals surface area contributed by atoms with E-state index < -0.39 is 0 Å². The zero-order chi connectivity index (χ0) is 19.4. The van der Waals surface area contributed by atoms with Crippen molar-refractivity contribution < 1.29 is 4.79 Å². The number of aryl methyl sites for hydroxylation is 3. The maximum atomic E-state index is 12.5. The van der Waals surface area contributed by atoms with Crippen molar-refractivity contribution >= 4 is 29.0 Å². The Kier molecular flexibility index (Phi) is 5.72. The van der Waals surface area contributed by atoms with Crippen molar-refractivity contribution in [2.75, 3.05) is 10.6 Å². The summed E-state index contributed by atoms with van der Waals surface area (Å²) in [6.07, 6.45) is 3.03. The van der Waals surface area contributed by atoms with Crippen LogP contribution in [0.15, 0.2) is 48.8 Å². The van der Waals surface area contributed by atoms with Crippen molar-refractivity contribution in [2.24, 2.45) is 0 Å². The molecule has 1 heterocycles. The molecule has 6 heteroatoms. The molecule has 1 aromatic heterocycles. The summed E-state index contributed by atoms with van der Waals surface area (Å²) < 4.78 is 0. The van der Waals surface area contributed by atoms with E-state index in [9.17, 15) is 4.79 Å². The minimum Gasteiger partial charge on any atom is -0.365 e. The van der Waals surface area contributed by atoms with Crippen LogP contribution in [-0.2, 0) is 6.54 Å². The Labute approximate surface area is 163 Å². The minimum absolute atomic E-state index is 0.270. The number of anilines is 2. The van der Waals surface area contributed by atoms with Crippen molar-refractivity contribution in [1.29, 1.82) is 0 Å². The van der Waals surface area contributed by atoms with Crippen LogP contribution in [0.25, 0.3) is 0 Å². The molecule has 2 aromatic carbocycles. The van der Waals surface area contributed by atoms with Crippen molar-refractivity contribution in [3.63, 3.8) is 0 Å². The Hall–Kier alpha value is -2.92. The van der Waals surface area contributed by atoms with E-state index in [1.54, 1.807) is 6.20 Å². The van der Waals surface area contributed by atoms with Gasteiger partial charge in [0.15, 0.2) is 0 Å². The molecule has 0 unspecified atom stereocenters. The summed E-state index contributed by atoms with van der Waals surface area (Å²) >= 11 is 5.88. The van der Waals surface area contributed by atoms with Gasteiger partial charge in [-0.2, -0.15) is 0 Å². The maximum absolute atomic E-state index is 12.5. The van der Waals surface area contributed by atoms with Crippen LogP contribution in [0.1, 0.15) is 32.7 Å². The topological polar surface area (TPSA) is 66.9 Å². The summed E-state index contributed by atoms with van der Waals surface area (Å²) in [6.45, 7) is 6.59. The third kappa shape index (κ3) is 4.83. The van der Waals surface area contributed by atoms with E-state index in [1.807, 2.05) is 57.2 Å². The highest BCUT2D eigenvalue weighted by Crippen LogP contribution is 2.22. The quantitative estimate of drug-likeness (QED) is 0.659. The zero-order valence-electron chi connectivity index (χ0n) is 15.5.